The van der Waals surface area contributed by atoms with Gasteiger partial charge in [0.15, 0.2) is 0 Å². The fourth-order valence-corrected chi connectivity index (χ4v) is 2.81. The zero-order valence-electron chi connectivity index (χ0n) is 9.63. The second kappa shape index (κ2) is 4.70. The van der Waals surface area contributed by atoms with Crippen molar-refractivity contribution in [3.8, 4) is 0 Å². The molecule has 1 atom stereocenters. The third kappa shape index (κ3) is 2.47. The molecule has 3 rings (SSSR count). The van der Waals surface area contributed by atoms with Crippen LogP contribution in [0.15, 0.2) is 6.20 Å². The van der Waals surface area contributed by atoms with Crippen LogP contribution in [0.3, 0.4) is 0 Å². The Morgan fingerprint density at radius 2 is 2.41 bits per heavy atom. The van der Waals surface area contributed by atoms with Crippen molar-refractivity contribution in [1.82, 2.24) is 19.8 Å². The van der Waals surface area contributed by atoms with E-state index in [1.54, 1.807) is 6.20 Å². The Morgan fingerprint density at radius 1 is 1.53 bits per heavy atom. The topological polar surface area (TPSA) is 58.1 Å². The van der Waals surface area contributed by atoms with Crippen molar-refractivity contribution in [3.05, 3.63) is 11.1 Å². The van der Waals surface area contributed by atoms with E-state index >= 15 is 0 Å². The number of hydrogen-bond donors (Lipinski definition) is 1. The lowest BCUT2D eigenvalue weighted by Gasteiger charge is -2.25. The van der Waals surface area contributed by atoms with Gasteiger partial charge < -0.3 is 10.2 Å². The quantitative estimate of drug-likeness (QED) is 0.865. The maximum Gasteiger partial charge on any atom is 0.267 e. The van der Waals surface area contributed by atoms with Crippen LogP contribution in [0.1, 0.15) is 35.4 Å². The Hall–Kier alpha value is -1.01. The summed E-state index contributed by atoms with van der Waals surface area (Å²) < 4.78 is 3.77. The highest BCUT2D eigenvalue weighted by atomic mass is 32.1. The molecule has 0 radical (unpaired) electrons. The zero-order valence-corrected chi connectivity index (χ0v) is 10.4. The standard InChI is InChI=1S/C11H16N4OS/c16-11(10-6-13-14-17-10)15(9-3-4-9)7-8-2-1-5-12-8/h6,8-9,12H,1-5,7H2/t8-/m0/s1. The molecule has 0 spiro atoms. The molecule has 2 aliphatic rings. The number of carbonyl (C=O) groups is 1. The van der Waals surface area contributed by atoms with Crippen LogP contribution in [-0.2, 0) is 0 Å². The SMILES string of the molecule is O=C(c1cnns1)N(C[C@@H]1CCCN1)C1CC1. The van der Waals surface area contributed by atoms with Crippen molar-refractivity contribution in [1.29, 1.82) is 0 Å². The maximum atomic E-state index is 12.3. The van der Waals surface area contributed by atoms with Gasteiger partial charge in [0.1, 0.15) is 4.88 Å². The molecular weight excluding hydrogens is 236 g/mol. The molecule has 1 aromatic heterocycles. The minimum absolute atomic E-state index is 0.108. The van der Waals surface area contributed by atoms with Gasteiger partial charge in [-0.25, -0.2) is 0 Å². The summed E-state index contributed by atoms with van der Waals surface area (Å²) in [6.07, 6.45) is 6.26. The van der Waals surface area contributed by atoms with Gasteiger partial charge in [-0.3, -0.25) is 4.79 Å². The molecule has 1 amide bonds. The normalized spacial score (nSPS) is 23.9. The number of nitrogens with zero attached hydrogens (tertiary/aromatic N) is 3. The highest BCUT2D eigenvalue weighted by molar-refractivity contribution is 7.07. The average Bonchev–Trinajstić information content (AvgIpc) is 2.86. The molecule has 0 unspecified atom stereocenters. The van der Waals surface area contributed by atoms with Crippen molar-refractivity contribution in [2.24, 2.45) is 0 Å². The van der Waals surface area contributed by atoms with E-state index in [-0.39, 0.29) is 5.91 Å². The molecule has 17 heavy (non-hydrogen) atoms. The van der Waals surface area contributed by atoms with Gasteiger partial charge in [-0.15, -0.1) is 5.10 Å². The summed E-state index contributed by atoms with van der Waals surface area (Å²) in [5, 5.41) is 7.19. The van der Waals surface area contributed by atoms with Crippen LogP contribution in [0.2, 0.25) is 0 Å². The van der Waals surface area contributed by atoms with Crippen LogP contribution in [0.4, 0.5) is 0 Å². The van der Waals surface area contributed by atoms with Crippen molar-refractivity contribution in [3.63, 3.8) is 0 Å². The summed E-state index contributed by atoms with van der Waals surface area (Å²) in [6, 6.07) is 0.924. The van der Waals surface area contributed by atoms with Gasteiger partial charge in [0.05, 0.1) is 6.20 Å². The zero-order chi connectivity index (χ0) is 11.7. The smallest absolute Gasteiger partial charge is 0.267 e. The van der Waals surface area contributed by atoms with E-state index in [2.05, 4.69) is 14.9 Å². The summed E-state index contributed by atoms with van der Waals surface area (Å²) >= 11 is 1.19. The summed E-state index contributed by atoms with van der Waals surface area (Å²) in [6.45, 7) is 1.92. The van der Waals surface area contributed by atoms with Gasteiger partial charge in [-0.05, 0) is 43.8 Å². The van der Waals surface area contributed by atoms with Crippen molar-refractivity contribution < 1.29 is 4.79 Å². The lowest BCUT2D eigenvalue weighted by Crippen LogP contribution is -2.42. The third-order valence-corrected chi connectivity index (χ3v) is 4.05. The first-order chi connectivity index (χ1) is 8.34. The third-order valence-electron chi connectivity index (χ3n) is 3.40. The Morgan fingerprint density at radius 3 is 3.00 bits per heavy atom. The second-order valence-electron chi connectivity index (χ2n) is 4.76. The largest absolute Gasteiger partial charge is 0.333 e. The van der Waals surface area contributed by atoms with E-state index in [1.165, 1.54) is 24.4 Å². The number of rotatable bonds is 4. The Balaban J connectivity index is 1.69. The molecule has 1 saturated carbocycles. The molecule has 2 heterocycles. The summed E-state index contributed by atoms with van der Waals surface area (Å²) in [4.78, 5) is 15.0. The first-order valence-corrected chi connectivity index (χ1v) is 6.93. The van der Waals surface area contributed by atoms with Crippen LogP contribution in [0.5, 0.6) is 0 Å². The predicted molar refractivity (Wildman–Crippen MR) is 65.0 cm³/mol. The lowest BCUT2D eigenvalue weighted by molar-refractivity contribution is 0.0733. The maximum absolute atomic E-state index is 12.3. The van der Waals surface area contributed by atoms with Crippen molar-refractivity contribution in [2.75, 3.05) is 13.1 Å². The van der Waals surface area contributed by atoms with Gasteiger partial charge in [0.25, 0.3) is 5.91 Å². The van der Waals surface area contributed by atoms with Crippen LogP contribution < -0.4 is 5.32 Å². The molecular formula is C11H16N4OS. The van der Waals surface area contributed by atoms with E-state index in [0.717, 1.165) is 25.9 Å². The highest BCUT2D eigenvalue weighted by Gasteiger charge is 2.35. The molecule has 1 aliphatic carbocycles. The molecule has 1 aromatic rings. The van der Waals surface area contributed by atoms with E-state index in [4.69, 9.17) is 0 Å². The molecule has 1 saturated heterocycles. The van der Waals surface area contributed by atoms with Gasteiger partial charge >= 0.3 is 0 Å². The van der Waals surface area contributed by atoms with E-state index in [9.17, 15) is 4.79 Å². The van der Waals surface area contributed by atoms with Gasteiger partial charge in [0.2, 0.25) is 0 Å². The van der Waals surface area contributed by atoms with Crippen LogP contribution in [-0.4, -0.2) is 45.6 Å². The number of amides is 1. The van der Waals surface area contributed by atoms with Crippen LogP contribution in [0, 0.1) is 0 Å². The molecule has 6 heteroatoms. The average molecular weight is 252 g/mol. The molecule has 1 aliphatic heterocycles. The fraction of sp³-hybridized carbons (Fsp3) is 0.727. The number of nitrogens with one attached hydrogen (secondary N) is 1. The van der Waals surface area contributed by atoms with E-state index in [1.807, 2.05) is 4.90 Å². The number of carbonyl (C=O) groups excluding carboxylic acids is 1. The Bertz CT molecular complexity index is 384. The Labute approximate surface area is 104 Å². The van der Waals surface area contributed by atoms with Crippen molar-refractivity contribution >= 4 is 17.4 Å². The minimum Gasteiger partial charge on any atom is -0.333 e. The predicted octanol–water partition coefficient (Wildman–Crippen LogP) is 0.895. The lowest BCUT2D eigenvalue weighted by atomic mass is 10.2. The monoisotopic (exact) mass is 252 g/mol. The Kier molecular flexibility index (Phi) is 3.07. The minimum atomic E-state index is 0.108. The molecule has 0 aromatic carbocycles. The molecule has 0 bridgehead atoms. The molecule has 1 N–H and O–H groups in total. The number of aromatic nitrogens is 2. The first kappa shape index (κ1) is 11.1. The van der Waals surface area contributed by atoms with E-state index in [0.29, 0.717) is 17.0 Å². The molecule has 92 valence electrons. The van der Waals surface area contributed by atoms with Crippen molar-refractivity contribution in [2.45, 2.75) is 37.8 Å². The fourth-order valence-electron chi connectivity index (χ4n) is 2.34. The second-order valence-corrected chi connectivity index (χ2v) is 5.55. The summed E-state index contributed by atoms with van der Waals surface area (Å²) in [5.41, 5.74) is 0. The van der Waals surface area contributed by atoms with Crippen LogP contribution in [0.25, 0.3) is 0 Å². The summed E-state index contributed by atoms with van der Waals surface area (Å²) in [5.74, 6) is 0.108. The van der Waals surface area contributed by atoms with Gasteiger partial charge in [-0.1, -0.05) is 4.49 Å². The van der Waals surface area contributed by atoms with E-state index < -0.39 is 0 Å². The van der Waals surface area contributed by atoms with Crippen LogP contribution >= 0.6 is 11.5 Å². The molecule has 2 fully saturated rings. The highest BCUT2D eigenvalue weighted by Crippen LogP contribution is 2.29. The molecule has 5 nitrogen and oxygen atoms in total. The van der Waals surface area contributed by atoms with Gasteiger partial charge in [0, 0.05) is 18.6 Å². The van der Waals surface area contributed by atoms with Gasteiger partial charge in [-0.2, -0.15) is 0 Å². The first-order valence-electron chi connectivity index (χ1n) is 6.16. The number of hydrogen-bond acceptors (Lipinski definition) is 5. The summed E-state index contributed by atoms with van der Waals surface area (Å²) in [7, 11) is 0.